The topological polar surface area (TPSA) is 64.1 Å². The molecule has 4 aromatic rings. The molecule has 3 aromatic carbocycles. The number of benzene rings is 3. The van der Waals surface area contributed by atoms with E-state index < -0.39 is 5.91 Å². The summed E-state index contributed by atoms with van der Waals surface area (Å²) in [7, 11) is 0. The highest BCUT2D eigenvalue weighted by Gasteiger charge is 2.13. The molecule has 30 heavy (non-hydrogen) atoms. The minimum atomic E-state index is -0.416. The lowest BCUT2D eigenvalue weighted by Gasteiger charge is -2.13. The number of hydrogen-bond donors (Lipinski definition) is 1. The van der Waals surface area contributed by atoms with Crippen molar-refractivity contribution >= 4 is 23.2 Å². The molecule has 0 fully saturated rings. The first-order chi connectivity index (χ1) is 14.6. The molecule has 0 unspecified atom stereocenters. The Balaban J connectivity index is 1.53. The van der Waals surface area contributed by atoms with Crippen LogP contribution in [0.15, 0.2) is 85.2 Å². The zero-order chi connectivity index (χ0) is 20.9. The van der Waals surface area contributed by atoms with Crippen LogP contribution in [0.4, 0.5) is 10.1 Å². The van der Waals surface area contributed by atoms with Crippen LogP contribution in [0.25, 0.3) is 11.4 Å². The fraction of sp³-hybridized carbons (Fsp3) is 0. The lowest BCUT2D eigenvalue weighted by atomic mass is 10.2. The summed E-state index contributed by atoms with van der Waals surface area (Å²) < 4.78 is 18.9. The molecule has 0 aliphatic heterocycles. The average Bonchev–Trinajstić information content (AvgIpc) is 2.77. The van der Waals surface area contributed by atoms with Crippen molar-refractivity contribution in [1.29, 1.82) is 0 Å². The second kappa shape index (κ2) is 8.71. The number of anilines is 1. The van der Waals surface area contributed by atoms with Crippen LogP contribution in [0.5, 0.6) is 11.5 Å². The molecular formula is C23H15ClFN3O2. The number of hydrogen-bond acceptors (Lipinski definition) is 4. The van der Waals surface area contributed by atoms with Crippen molar-refractivity contribution in [1.82, 2.24) is 9.97 Å². The van der Waals surface area contributed by atoms with Gasteiger partial charge in [0.15, 0.2) is 11.6 Å². The van der Waals surface area contributed by atoms with Gasteiger partial charge >= 0.3 is 0 Å². The Bertz CT molecular complexity index is 1170. The summed E-state index contributed by atoms with van der Waals surface area (Å²) in [5, 5.41) is 3.23. The van der Waals surface area contributed by atoms with Crippen LogP contribution in [0.3, 0.4) is 0 Å². The zero-order valence-electron chi connectivity index (χ0n) is 15.5. The molecule has 1 heterocycles. The van der Waals surface area contributed by atoms with E-state index in [0.29, 0.717) is 33.6 Å². The Morgan fingerprint density at radius 2 is 1.63 bits per heavy atom. The maximum Gasteiger partial charge on any atom is 0.258 e. The summed E-state index contributed by atoms with van der Waals surface area (Å²) in [6.45, 7) is 0. The monoisotopic (exact) mass is 419 g/mol. The first kappa shape index (κ1) is 19.5. The van der Waals surface area contributed by atoms with Gasteiger partial charge in [0, 0.05) is 23.0 Å². The van der Waals surface area contributed by atoms with Crippen molar-refractivity contribution in [2.24, 2.45) is 0 Å². The fourth-order valence-corrected chi connectivity index (χ4v) is 2.86. The molecule has 0 aliphatic carbocycles. The highest BCUT2D eigenvalue weighted by Crippen LogP contribution is 2.32. The lowest BCUT2D eigenvalue weighted by Crippen LogP contribution is -2.13. The number of ether oxygens (including phenoxy) is 1. The molecule has 4 rings (SSSR count). The summed E-state index contributed by atoms with van der Waals surface area (Å²) in [4.78, 5) is 21.1. The van der Waals surface area contributed by atoms with E-state index in [1.165, 1.54) is 24.5 Å². The molecule has 1 aromatic heterocycles. The largest absolute Gasteiger partial charge is 0.455 e. The van der Waals surface area contributed by atoms with Crippen molar-refractivity contribution in [2.75, 3.05) is 5.32 Å². The Morgan fingerprint density at radius 3 is 2.33 bits per heavy atom. The van der Waals surface area contributed by atoms with Gasteiger partial charge in [-0.3, -0.25) is 4.79 Å². The highest BCUT2D eigenvalue weighted by atomic mass is 35.5. The van der Waals surface area contributed by atoms with Gasteiger partial charge < -0.3 is 10.1 Å². The van der Waals surface area contributed by atoms with Gasteiger partial charge in [0.1, 0.15) is 11.6 Å². The molecule has 5 nitrogen and oxygen atoms in total. The zero-order valence-corrected chi connectivity index (χ0v) is 16.3. The maximum atomic E-state index is 13.1. The number of nitrogens with one attached hydrogen (secondary N) is 1. The standard InChI is InChI=1S/C23H15ClFN3O2/c24-17-8-11-21(30-19-4-2-1-3-5-19)20(12-17)28-23(29)16-13-26-22(27-14-16)15-6-9-18(25)10-7-15/h1-14H,(H,28,29). The third kappa shape index (κ3) is 4.61. The third-order valence-electron chi connectivity index (χ3n) is 4.18. The van der Waals surface area contributed by atoms with Gasteiger partial charge in [-0.05, 0) is 54.6 Å². The number of halogens is 2. The molecule has 0 aliphatic rings. The van der Waals surface area contributed by atoms with Gasteiger partial charge in [0.2, 0.25) is 0 Å². The van der Waals surface area contributed by atoms with E-state index in [1.807, 2.05) is 30.3 Å². The van der Waals surface area contributed by atoms with Crippen molar-refractivity contribution in [3.8, 4) is 22.9 Å². The first-order valence-corrected chi connectivity index (χ1v) is 9.38. The van der Waals surface area contributed by atoms with Crippen molar-refractivity contribution in [3.63, 3.8) is 0 Å². The highest BCUT2D eigenvalue weighted by molar-refractivity contribution is 6.31. The predicted octanol–water partition coefficient (Wildman–Crippen LogP) is 5.98. The van der Waals surface area contributed by atoms with E-state index in [-0.39, 0.29) is 11.4 Å². The van der Waals surface area contributed by atoms with Gasteiger partial charge in [0.05, 0.1) is 11.3 Å². The van der Waals surface area contributed by atoms with Gasteiger partial charge in [0.25, 0.3) is 5.91 Å². The van der Waals surface area contributed by atoms with Crippen LogP contribution in [0, 0.1) is 5.82 Å². The Morgan fingerprint density at radius 1 is 0.933 bits per heavy atom. The Labute approximate surface area is 177 Å². The van der Waals surface area contributed by atoms with E-state index in [0.717, 1.165) is 0 Å². The molecule has 0 spiro atoms. The van der Waals surface area contributed by atoms with Crippen LogP contribution in [0.2, 0.25) is 5.02 Å². The molecule has 1 N–H and O–H groups in total. The number of carbonyl (C=O) groups excluding carboxylic acids is 1. The number of nitrogens with zero attached hydrogens (tertiary/aromatic N) is 2. The number of rotatable bonds is 5. The van der Waals surface area contributed by atoms with Crippen LogP contribution < -0.4 is 10.1 Å². The molecule has 0 atom stereocenters. The normalized spacial score (nSPS) is 10.5. The first-order valence-electron chi connectivity index (χ1n) is 9.00. The fourth-order valence-electron chi connectivity index (χ4n) is 2.69. The average molecular weight is 420 g/mol. The minimum Gasteiger partial charge on any atom is -0.455 e. The van der Waals surface area contributed by atoms with Crippen LogP contribution >= 0.6 is 11.6 Å². The van der Waals surface area contributed by atoms with Gasteiger partial charge in [-0.2, -0.15) is 0 Å². The Kier molecular flexibility index (Phi) is 5.68. The predicted molar refractivity (Wildman–Crippen MR) is 113 cm³/mol. The second-order valence-electron chi connectivity index (χ2n) is 6.31. The number of aromatic nitrogens is 2. The van der Waals surface area contributed by atoms with Crippen molar-refractivity contribution in [2.45, 2.75) is 0 Å². The molecule has 7 heteroatoms. The minimum absolute atomic E-state index is 0.256. The van der Waals surface area contributed by atoms with E-state index in [9.17, 15) is 9.18 Å². The molecule has 0 saturated carbocycles. The lowest BCUT2D eigenvalue weighted by molar-refractivity contribution is 0.102. The smallest absolute Gasteiger partial charge is 0.258 e. The maximum absolute atomic E-state index is 13.1. The molecule has 1 amide bonds. The van der Waals surface area contributed by atoms with Gasteiger partial charge in [-0.25, -0.2) is 14.4 Å². The van der Waals surface area contributed by atoms with Crippen LogP contribution in [0.1, 0.15) is 10.4 Å². The second-order valence-corrected chi connectivity index (χ2v) is 6.75. The van der Waals surface area contributed by atoms with E-state index in [4.69, 9.17) is 16.3 Å². The summed E-state index contributed by atoms with van der Waals surface area (Å²) >= 11 is 6.09. The number of carbonyl (C=O) groups is 1. The Hall–Kier alpha value is -3.77. The summed E-state index contributed by atoms with van der Waals surface area (Å²) in [6.07, 6.45) is 2.81. The molecule has 0 bridgehead atoms. The van der Waals surface area contributed by atoms with Crippen molar-refractivity contribution in [3.05, 3.63) is 102 Å². The number of para-hydroxylation sites is 1. The van der Waals surface area contributed by atoms with E-state index in [1.54, 1.807) is 30.3 Å². The van der Waals surface area contributed by atoms with Crippen LogP contribution in [-0.2, 0) is 0 Å². The summed E-state index contributed by atoms with van der Waals surface area (Å²) in [5.41, 5.74) is 1.32. The van der Waals surface area contributed by atoms with Crippen LogP contribution in [-0.4, -0.2) is 15.9 Å². The summed E-state index contributed by atoms with van der Waals surface area (Å²) in [5.74, 6) is 0.707. The molecule has 0 saturated heterocycles. The molecular weight excluding hydrogens is 405 g/mol. The third-order valence-corrected chi connectivity index (χ3v) is 4.41. The van der Waals surface area contributed by atoms with E-state index >= 15 is 0 Å². The van der Waals surface area contributed by atoms with Crippen molar-refractivity contribution < 1.29 is 13.9 Å². The quantitative estimate of drug-likeness (QED) is 0.432. The van der Waals surface area contributed by atoms with Gasteiger partial charge in [-0.1, -0.05) is 29.8 Å². The number of amides is 1. The molecule has 0 radical (unpaired) electrons. The van der Waals surface area contributed by atoms with Gasteiger partial charge in [-0.15, -0.1) is 0 Å². The van der Waals surface area contributed by atoms with E-state index in [2.05, 4.69) is 15.3 Å². The summed E-state index contributed by atoms with van der Waals surface area (Å²) in [6, 6.07) is 20.0. The SMILES string of the molecule is O=C(Nc1cc(Cl)ccc1Oc1ccccc1)c1cnc(-c2ccc(F)cc2)nc1. The molecule has 148 valence electrons.